The summed E-state index contributed by atoms with van der Waals surface area (Å²) in [6.45, 7) is 0. The molecule has 0 spiro atoms. The van der Waals surface area contributed by atoms with Crippen LogP contribution in [0.2, 0.25) is 0 Å². The maximum atomic E-state index is 5.24. The second kappa shape index (κ2) is 5.12. The zero-order valence-corrected chi connectivity index (χ0v) is 9.13. The summed E-state index contributed by atoms with van der Waals surface area (Å²) in [4.78, 5) is 4.38. The third kappa shape index (κ3) is 2.48. The van der Waals surface area contributed by atoms with Gasteiger partial charge in [-0.3, -0.25) is 4.99 Å². The van der Waals surface area contributed by atoms with Gasteiger partial charge in [0.05, 0.1) is 12.8 Å². The van der Waals surface area contributed by atoms with Crippen LogP contribution >= 0.6 is 0 Å². The average molecular weight is 211 g/mol. The summed E-state index contributed by atoms with van der Waals surface area (Å²) in [6, 6.07) is 17.6. The first-order valence-corrected chi connectivity index (χ1v) is 5.12. The molecule has 80 valence electrons. The van der Waals surface area contributed by atoms with Crippen LogP contribution in [-0.2, 0) is 0 Å². The van der Waals surface area contributed by atoms with Crippen molar-refractivity contribution in [1.29, 1.82) is 0 Å². The van der Waals surface area contributed by atoms with Gasteiger partial charge in [-0.2, -0.15) is 0 Å². The lowest BCUT2D eigenvalue weighted by Crippen LogP contribution is -1.89. The number of hydrogen-bond donors (Lipinski definition) is 0. The molecule has 0 aliphatic heterocycles. The van der Waals surface area contributed by atoms with Crippen LogP contribution in [0.5, 0.6) is 5.75 Å². The van der Waals surface area contributed by atoms with Gasteiger partial charge < -0.3 is 4.74 Å². The van der Waals surface area contributed by atoms with E-state index in [0.29, 0.717) is 0 Å². The summed E-state index contributed by atoms with van der Waals surface area (Å²) < 4.78 is 5.24. The standard InChI is InChI=1S/C14H13NO/c1-16-14-10-6-5-7-12(14)11-15-13-8-3-2-4-9-13/h2-11H,1H3. The van der Waals surface area contributed by atoms with Crippen LogP contribution in [0.1, 0.15) is 5.56 Å². The molecule has 0 radical (unpaired) electrons. The van der Waals surface area contributed by atoms with Crippen molar-refractivity contribution in [2.24, 2.45) is 4.99 Å². The van der Waals surface area contributed by atoms with Crippen LogP contribution in [0.25, 0.3) is 0 Å². The fourth-order valence-corrected chi connectivity index (χ4v) is 1.43. The van der Waals surface area contributed by atoms with Crippen molar-refractivity contribution in [2.75, 3.05) is 7.11 Å². The Morgan fingerprint density at radius 3 is 2.38 bits per heavy atom. The number of aliphatic imine (C=N–C) groups is 1. The van der Waals surface area contributed by atoms with Crippen molar-refractivity contribution in [2.45, 2.75) is 0 Å². The minimum atomic E-state index is 0.835. The number of rotatable bonds is 3. The van der Waals surface area contributed by atoms with E-state index in [-0.39, 0.29) is 0 Å². The molecule has 0 saturated carbocycles. The van der Waals surface area contributed by atoms with E-state index >= 15 is 0 Å². The Labute approximate surface area is 95.2 Å². The molecule has 0 amide bonds. The third-order valence-corrected chi connectivity index (χ3v) is 2.25. The van der Waals surface area contributed by atoms with Crippen LogP contribution in [0.3, 0.4) is 0 Å². The highest BCUT2D eigenvalue weighted by Crippen LogP contribution is 2.16. The van der Waals surface area contributed by atoms with E-state index in [0.717, 1.165) is 17.0 Å². The Hall–Kier alpha value is -2.09. The smallest absolute Gasteiger partial charge is 0.127 e. The second-order valence-electron chi connectivity index (χ2n) is 3.34. The summed E-state index contributed by atoms with van der Waals surface area (Å²) in [5.74, 6) is 0.835. The van der Waals surface area contributed by atoms with Gasteiger partial charge in [-0.15, -0.1) is 0 Å². The van der Waals surface area contributed by atoms with Gasteiger partial charge >= 0.3 is 0 Å². The molecule has 0 unspecified atom stereocenters. The highest BCUT2D eigenvalue weighted by Gasteiger charge is 1.96. The van der Waals surface area contributed by atoms with Gasteiger partial charge in [-0.25, -0.2) is 0 Å². The average Bonchev–Trinajstić information content (AvgIpc) is 2.38. The van der Waals surface area contributed by atoms with Gasteiger partial charge in [0, 0.05) is 11.8 Å². The summed E-state index contributed by atoms with van der Waals surface area (Å²) in [6.07, 6.45) is 1.81. The number of ether oxygens (including phenoxy) is 1. The van der Waals surface area contributed by atoms with Gasteiger partial charge in [0.25, 0.3) is 0 Å². The minimum absolute atomic E-state index is 0.835. The van der Waals surface area contributed by atoms with Gasteiger partial charge in [-0.1, -0.05) is 30.3 Å². The summed E-state index contributed by atoms with van der Waals surface area (Å²) in [5.41, 5.74) is 1.92. The highest BCUT2D eigenvalue weighted by atomic mass is 16.5. The van der Waals surface area contributed by atoms with Crippen LogP contribution in [0.4, 0.5) is 5.69 Å². The Bertz CT molecular complexity index is 477. The molecular weight excluding hydrogens is 198 g/mol. The zero-order valence-electron chi connectivity index (χ0n) is 9.13. The molecular formula is C14H13NO. The molecule has 2 rings (SSSR count). The van der Waals surface area contributed by atoms with Crippen molar-refractivity contribution in [3.05, 3.63) is 60.2 Å². The van der Waals surface area contributed by atoms with E-state index in [9.17, 15) is 0 Å². The molecule has 0 atom stereocenters. The largest absolute Gasteiger partial charge is 0.496 e. The van der Waals surface area contributed by atoms with E-state index in [1.165, 1.54) is 0 Å². The minimum Gasteiger partial charge on any atom is -0.496 e. The maximum Gasteiger partial charge on any atom is 0.127 e. The van der Waals surface area contributed by atoms with E-state index in [2.05, 4.69) is 4.99 Å². The van der Waals surface area contributed by atoms with Crippen molar-refractivity contribution < 1.29 is 4.74 Å². The number of nitrogens with zero attached hydrogens (tertiary/aromatic N) is 1. The molecule has 0 aliphatic rings. The molecule has 2 aromatic rings. The van der Waals surface area contributed by atoms with Crippen LogP contribution in [-0.4, -0.2) is 13.3 Å². The Kier molecular flexibility index (Phi) is 3.34. The molecule has 0 N–H and O–H groups in total. The maximum absolute atomic E-state index is 5.24. The second-order valence-corrected chi connectivity index (χ2v) is 3.34. The SMILES string of the molecule is COc1ccccc1C=Nc1ccccc1. The molecule has 0 fully saturated rings. The van der Waals surface area contributed by atoms with Gasteiger partial charge in [0.1, 0.15) is 5.75 Å². The number of benzene rings is 2. The Morgan fingerprint density at radius 1 is 0.938 bits per heavy atom. The van der Waals surface area contributed by atoms with Crippen molar-refractivity contribution in [3.63, 3.8) is 0 Å². The molecule has 0 aromatic heterocycles. The summed E-state index contributed by atoms with van der Waals surface area (Å²) in [5, 5.41) is 0. The molecule has 0 bridgehead atoms. The predicted molar refractivity (Wildman–Crippen MR) is 66.7 cm³/mol. The predicted octanol–water partition coefficient (Wildman–Crippen LogP) is 3.45. The topological polar surface area (TPSA) is 21.6 Å². The molecule has 0 saturated heterocycles. The lowest BCUT2D eigenvalue weighted by Gasteiger charge is -2.02. The summed E-state index contributed by atoms with van der Waals surface area (Å²) >= 11 is 0. The molecule has 16 heavy (non-hydrogen) atoms. The van der Waals surface area contributed by atoms with Crippen molar-refractivity contribution >= 4 is 11.9 Å². The molecule has 2 nitrogen and oxygen atoms in total. The van der Waals surface area contributed by atoms with Crippen LogP contribution < -0.4 is 4.74 Å². The van der Waals surface area contributed by atoms with E-state index in [1.54, 1.807) is 7.11 Å². The number of hydrogen-bond acceptors (Lipinski definition) is 2. The van der Waals surface area contributed by atoms with Gasteiger partial charge in [0.2, 0.25) is 0 Å². The molecule has 2 heteroatoms. The first-order chi connectivity index (χ1) is 7.90. The third-order valence-electron chi connectivity index (χ3n) is 2.25. The number of para-hydroxylation sites is 2. The van der Waals surface area contributed by atoms with Gasteiger partial charge in [0.15, 0.2) is 0 Å². The lowest BCUT2D eigenvalue weighted by molar-refractivity contribution is 0.414. The fourth-order valence-electron chi connectivity index (χ4n) is 1.43. The molecule has 0 heterocycles. The van der Waals surface area contributed by atoms with Crippen LogP contribution in [0.15, 0.2) is 59.6 Å². The Balaban J connectivity index is 2.24. The van der Waals surface area contributed by atoms with Crippen LogP contribution in [0, 0.1) is 0 Å². The number of methoxy groups -OCH3 is 1. The van der Waals surface area contributed by atoms with E-state index in [1.807, 2.05) is 60.8 Å². The lowest BCUT2D eigenvalue weighted by atomic mass is 10.2. The normalized spacial score (nSPS) is 10.6. The van der Waals surface area contributed by atoms with Crippen molar-refractivity contribution in [1.82, 2.24) is 0 Å². The quantitative estimate of drug-likeness (QED) is 0.712. The Morgan fingerprint density at radius 2 is 1.62 bits per heavy atom. The fraction of sp³-hybridized carbons (Fsp3) is 0.0714. The van der Waals surface area contributed by atoms with Crippen molar-refractivity contribution in [3.8, 4) is 5.75 Å². The zero-order chi connectivity index (χ0) is 11.2. The van der Waals surface area contributed by atoms with Gasteiger partial charge in [-0.05, 0) is 24.3 Å². The first kappa shape index (κ1) is 10.4. The molecule has 2 aromatic carbocycles. The molecule has 0 aliphatic carbocycles. The van der Waals surface area contributed by atoms with E-state index in [4.69, 9.17) is 4.74 Å². The summed E-state index contributed by atoms with van der Waals surface area (Å²) in [7, 11) is 1.66. The monoisotopic (exact) mass is 211 g/mol. The highest BCUT2D eigenvalue weighted by molar-refractivity contribution is 5.85. The van der Waals surface area contributed by atoms with E-state index < -0.39 is 0 Å². The first-order valence-electron chi connectivity index (χ1n) is 5.12.